The van der Waals surface area contributed by atoms with Gasteiger partial charge in [-0.25, -0.2) is 13.6 Å². The Hall–Kier alpha value is -1.69. The van der Waals surface area contributed by atoms with Crippen molar-refractivity contribution in [1.29, 1.82) is 0 Å². The fourth-order valence-corrected chi connectivity index (χ4v) is 4.60. The van der Waals surface area contributed by atoms with Crippen LogP contribution in [0.25, 0.3) is 0 Å². The molecule has 0 aromatic heterocycles. The van der Waals surface area contributed by atoms with Crippen LogP contribution in [0, 0.1) is 0 Å². The highest BCUT2D eigenvalue weighted by molar-refractivity contribution is 7.90. The van der Waals surface area contributed by atoms with E-state index >= 15 is 0 Å². The second kappa shape index (κ2) is 7.28. The molecule has 0 radical (unpaired) electrons. The van der Waals surface area contributed by atoms with Gasteiger partial charge in [0.25, 0.3) is 10.1 Å². The molecule has 0 spiro atoms. The molecule has 0 bridgehead atoms. The molecule has 0 aliphatic carbocycles. The van der Waals surface area contributed by atoms with Crippen molar-refractivity contribution < 1.29 is 35.0 Å². The molecule has 2 atom stereocenters. The molecule has 1 heterocycles. The first kappa shape index (κ1) is 19.6. The lowest BCUT2D eigenvalue weighted by molar-refractivity contribution is 0.0972. The Balaban J connectivity index is 2.25. The largest absolute Gasteiger partial charge is 0.293 e. The van der Waals surface area contributed by atoms with Crippen molar-refractivity contribution in [2.45, 2.75) is 23.3 Å². The van der Waals surface area contributed by atoms with E-state index < -0.39 is 55.3 Å². The molecule has 2 N–H and O–H groups in total. The minimum absolute atomic E-state index is 0.0336. The molecule has 0 amide bonds. The van der Waals surface area contributed by atoms with Crippen molar-refractivity contribution in [2.75, 3.05) is 13.3 Å². The van der Waals surface area contributed by atoms with E-state index in [1.54, 1.807) is 0 Å². The average Bonchev–Trinajstić information content (AvgIpc) is 2.89. The normalized spacial score (nSPS) is 21.0. The molecule has 8 nitrogen and oxygen atoms in total. The van der Waals surface area contributed by atoms with Crippen LogP contribution in [0.2, 0.25) is 0 Å². The lowest BCUT2D eigenvalue weighted by Crippen LogP contribution is -2.36. The summed E-state index contributed by atoms with van der Waals surface area (Å²) in [6, 6.07) is 4.76. The van der Waals surface area contributed by atoms with Gasteiger partial charge in [0.2, 0.25) is 10.0 Å². The number of hydrogen-bond donors (Lipinski definition) is 1. The quantitative estimate of drug-likeness (QED) is 0.515. The molecule has 1 aliphatic heterocycles. The first-order chi connectivity index (χ1) is 11.6. The Labute approximate surface area is 144 Å². The molecule has 0 saturated carbocycles. The van der Waals surface area contributed by atoms with Gasteiger partial charge in [0.1, 0.15) is 5.25 Å². The molecular formula is C14H16FNO7S2. The smallest absolute Gasteiger partial charge is 0.277 e. The number of nitrogens with two attached hydrogens (primary N) is 1. The van der Waals surface area contributed by atoms with E-state index in [0.717, 1.165) is 0 Å². The van der Waals surface area contributed by atoms with Gasteiger partial charge in [-0.1, -0.05) is 24.3 Å². The van der Waals surface area contributed by atoms with Crippen LogP contribution < -0.4 is 5.14 Å². The van der Waals surface area contributed by atoms with Crippen molar-refractivity contribution >= 4 is 31.7 Å². The SMILES string of the molecule is NS(=O)(=O)C(CCF)C(=O)c1ccc(C(=O)C2CCOS2(=O)=O)cc1. The molecule has 138 valence electrons. The van der Waals surface area contributed by atoms with Gasteiger partial charge in [-0.2, -0.15) is 8.42 Å². The van der Waals surface area contributed by atoms with E-state index in [9.17, 15) is 30.8 Å². The lowest BCUT2D eigenvalue weighted by Gasteiger charge is -2.12. The third-order valence-corrected chi connectivity index (χ3v) is 6.67. The minimum Gasteiger partial charge on any atom is -0.293 e. The zero-order valence-electron chi connectivity index (χ0n) is 12.9. The number of carbonyl (C=O) groups is 2. The number of Topliss-reactive ketones (excluding diaryl/α,β-unsaturated/α-hetero) is 2. The third-order valence-electron chi connectivity index (χ3n) is 3.78. The second-order valence-electron chi connectivity index (χ2n) is 5.45. The number of hydrogen-bond acceptors (Lipinski definition) is 7. The van der Waals surface area contributed by atoms with Crippen molar-refractivity contribution in [3.8, 4) is 0 Å². The van der Waals surface area contributed by atoms with E-state index in [-0.39, 0.29) is 24.2 Å². The standard InChI is InChI=1S/C14H16FNO7S2/c15-7-5-11(24(16,19)20)13(17)9-1-3-10(4-2-9)14(18)12-6-8-23-25(12,21)22/h1-4,11-12H,5-8H2,(H2,16,19,20). The van der Waals surface area contributed by atoms with Crippen LogP contribution in [0.15, 0.2) is 24.3 Å². The van der Waals surface area contributed by atoms with E-state index in [1.807, 2.05) is 0 Å². The highest BCUT2D eigenvalue weighted by atomic mass is 32.2. The molecular weight excluding hydrogens is 377 g/mol. The molecule has 1 fully saturated rings. The predicted molar refractivity (Wildman–Crippen MR) is 85.9 cm³/mol. The van der Waals surface area contributed by atoms with Gasteiger partial charge in [-0.05, 0) is 6.42 Å². The molecule has 2 rings (SSSR count). The Morgan fingerprint density at radius 1 is 1.24 bits per heavy atom. The van der Waals surface area contributed by atoms with Crippen molar-refractivity contribution in [3.05, 3.63) is 35.4 Å². The van der Waals surface area contributed by atoms with E-state index in [1.165, 1.54) is 24.3 Å². The van der Waals surface area contributed by atoms with Crippen LogP contribution in [-0.4, -0.2) is 52.2 Å². The number of ketones is 2. The average molecular weight is 393 g/mol. The number of halogens is 1. The Morgan fingerprint density at radius 2 is 1.80 bits per heavy atom. The first-order valence-corrected chi connectivity index (χ1v) is 10.3. The van der Waals surface area contributed by atoms with E-state index in [0.29, 0.717) is 0 Å². The molecule has 2 unspecified atom stereocenters. The molecule has 1 aromatic rings. The van der Waals surface area contributed by atoms with Crippen LogP contribution in [0.3, 0.4) is 0 Å². The van der Waals surface area contributed by atoms with Crippen molar-refractivity contribution in [1.82, 2.24) is 0 Å². The molecule has 1 saturated heterocycles. The van der Waals surface area contributed by atoms with Crippen LogP contribution in [0.1, 0.15) is 33.6 Å². The molecule has 25 heavy (non-hydrogen) atoms. The summed E-state index contributed by atoms with van der Waals surface area (Å²) in [6.45, 7) is -1.11. The van der Waals surface area contributed by atoms with Crippen LogP contribution in [-0.2, 0) is 24.3 Å². The Kier molecular flexibility index (Phi) is 5.72. The topological polar surface area (TPSA) is 138 Å². The highest BCUT2D eigenvalue weighted by Crippen LogP contribution is 2.22. The number of sulfonamides is 1. The number of alkyl halides is 1. The summed E-state index contributed by atoms with van der Waals surface area (Å²) in [5, 5.41) is 1.92. The fraction of sp³-hybridized carbons (Fsp3) is 0.429. The fourth-order valence-electron chi connectivity index (χ4n) is 2.47. The van der Waals surface area contributed by atoms with Crippen LogP contribution in [0.4, 0.5) is 4.39 Å². The lowest BCUT2D eigenvalue weighted by atomic mass is 10.0. The van der Waals surface area contributed by atoms with E-state index in [4.69, 9.17) is 5.14 Å². The zero-order chi connectivity index (χ0) is 18.8. The number of carbonyl (C=O) groups excluding carboxylic acids is 2. The summed E-state index contributed by atoms with van der Waals surface area (Å²) in [5.74, 6) is -1.57. The maximum Gasteiger partial charge on any atom is 0.277 e. The summed E-state index contributed by atoms with van der Waals surface area (Å²) >= 11 is 0. The van der Waals surface area contributed by atoms with Crippen molar-refractivity contribution in [2.24, 2.45) is 5.14 Å². The summed E-state index contributed by atoms with van der Waals surface area (Å²) in [4.78, 5) is 24.4. The summed E-state index contributed by atoms with van der Waals surface area (Å²) in [5.41, 5.74) is -0.0390. The van der Waals surface area contributed by atoms with Gasteiger partial charge in [0.05, 0.1) is 13.3 Å². The monoisotopic (exact) mass is 393 g/mol. The van der Waals surface area contributed by atoms with Gasteiger partial charge >= 0.3 is 0 Å². The highest BCUT2D eigenvalue weighted by Gasteiger charge is 2.39. The minimum atomic E-state index is -4.28. The third kappa shape index (κ3) is 4.29. The van der Waals surface area contributed by atoms with E-state index in [2.05, 4.69) is 4.18 Å². The zero-order valence-corrected chi connectivity index (χ0v) is 14.6. The number of benzene rings is 1. The van der Waals surface area contributed by atoms with Crippen molar-refractivity contribution in [3.63, 3.8) is 0 Å². The molecule has 11 heteroatoms. The van der Waals surface area contributed by atoms with Gasteiger partial charge in [-0.3, -0.25) is 18.2 Å². The van der Waals surface area contributed by atoms with Crippen LogP contribution >= 0.6 is 0 Å². The van der Waals surface area contributed by atoms with Gasteiger partial charge in [0.15, 0.2) is 16.8 Å². The van der Waals surface area contributed by atoms with Gasteiger partial charge < -0.3 is 0 Å². The predicted octanol–water partition coefficient (Wildman–Crippen LogP) is 0.187. The van der Waals surface area contributed by atoms with Gasteiger partial charge in [-0.15, -0.1) is 0 Å². The first-order valence-electron chi connectivity index (χ1n) is 7.22. The molecule has 1 aromatic carbocycles. The summed E-state index contributed by atoms with van der Waals surface area (Å²) < 4.78 is 63.1. The maximum atomic E-state index is 12.5. The number of rotatable bonds is 7. The van der Waals surface area contributed by atoms with Crippen LogP contribution in [0.5, 0.6) is 0 Å². The summed E-state index contributed by atoms with van der Waals surface area (Å²) in [6.07, 6.45) is -0.540. The van der Waals surface area contributed by atoms with Gasteiger partial charge in [0, 0.05) is 17.5 Å². The second-order valence-corrected chi connectivity index (χ2v) is 8.99. The maximum absolute atomic E-state index is 12.5. The molecule has 1 aliphatic rings. The Morgan fingerprint density at radius 3 is 2.24 bits per heavy atom. The Bertz CT molecular complexity index is 878. The number of primary sulfonamides is 1. The summed E-state index contributed by atoms with van der Waals surface area (Å²) in [7, 11) is -8.24.